The zero-order valence-electron chi connectivity index (χ0n) is 12.9. The number of nitrogens with zero attached hydrogens (tertiary/aromatic N) is 2. The van der Waals surface area contributed by atoms with Crippen molar-refractivity contribution in [3.63, 3.8) is 0 Å². The Kier molecular flexibility index (Phi) is 4.18. The summed E-state index contributed by atoms with van der Waals surface area (Å²) in [5, 5.41) is 3.43. The van der Waals surface area contributed by atoms with Gasteiger partial charge in [-0.05, 0) is 50.7 Å². The molecule has 0 saturated carbocycles. The first-order valence-electron chi connectivity index (χ1n) is 7.95. The fraction of sp³-hybridized carbons (Fsp3) is 0.444. The second kappa shape index (κ2) is 6.25. The van der Waals surface area contributed by atoms with Crippen molar-refractivity contribution in [2.45, 2.75) is 46.0 Å². The largest absolute Gasteiger partial charge is 0.370 e. The van der Waals surface area contributed by atoms with Gasteiger partial charge in [0.15, 0.2) is 0 Å². The number of hydrogen-bond donors (Lipinski definition) is 1. The van der Waals surface area contributed by atoms with Crippen LogP contribution >= 0.6 is 0 Å². The van der Waals surface area contributed by atoms with E-state index in [-0.39, 0.29) is 0 Å². The van der Waals surface area contributed by atoms with E-state index in [1.807, 2.05) is 0 Å². The molecule has 3 nitrogen and oxygen atoms in total. The monoisotopic (exact) mass is 281 g/mol. The molecule has 0 saturated heterocycles. The molecule has 0 radical (unpaired) electrons. The average Bonchev–Trinajstić information content (AvgIpc) is 2.50. The Labute approximate surface area is 126 Å². The number of hydrogen-bond acceptors (Lipinski definition) is 3. The Morgan fingerprint density at radius 3 is 2.71 bits per heavy atom. The van der Waals surface area contributed by atoms with Crippen molar-refractivity contribution < 1.29 is 0 Å². The summed E-state index contributed by atoms with van der Waals surface area (Å²) in [6, 6.07) is 8.49. The summed E-state index contributed by atoms with van der Waals surface area (Å²) in [5.41, 5.74) is 5.23. The van der Waals surface area contributed by atoms with Gasteiger partial charge in [0, 0.05) is 24.2 Å². The summed E-state index contributed by atoms with van der Waals surface area (Å²) < 4.78 is 0. The summed E-state index contributed by atoms with van der Waals surface area (Å²) in [6.45, 7) is 5.19. The molecule has 0 unspecified atom stereocenters. The third-order valence-corrected chi connectivity index (χ3v) is 4.18. The molecule has 1 aliphatic carbocycles. The molecule has 1 heterocycles. The molecule has 3 rings (SSSR count). The summed E-state index contributed by atoms with van der Waals surface area (Å²) in [5.74, 6) is 2.01. The highest BCUT2D eigenvalue weighted by atomic mass is 15.0. The third kappa shape index (κ3) is 3.07. The predicted octanol–water partition coefficient (Wildman–Crippen LogP) is 3.69. The quantitative estimate of drug-likeness (QED) is 0.929. The van der Waals surface area contributed by atoms with Crippen molar-refractivity contribution in [1.82, 2.24) is 9.97 Å². The first kappa shape index (κ1) is 14.1. The average molecular weight is 281 g/mol. The van der Waals surface area contributed by atoms with Crippen molar-refractivity contribution in [3.8, 4) is 0 Å². The van der Waals surface area contributed by atoms with Crippen LogP contribution in [0, 0.1) is 6.92 Å². The molecule has 1 aromatic heterocycles. The molecule has 1 N–H and O–H groups in total. The van der Waals surface area contributed by atoms with Gasteiger partial charge in [0.05, 0.1) is 0 Å². The van der Waals surface area contributed by atoms with E-state index < -0.39 is 0 Å². The summed E-state index contributed by atoms with van der Waals surface area (Å²) in [7, 11) is 0. The molecule has 0 aliphatic heterocycles. The van der Waals surface area contributed by atoms with Gasteiger partial charge in [-0.15, -0.1) is 0 Å². The third-order valence-electron chi connectivity index (χ3n) is 4.18. The van der Waals surface area contributed by atoms with Gasteiger partial charge in [0.1, 0.15) is 11.6 Å². The molecule has 0 fully saturated rings. The van der Waals surface area contributed by atoms with Crippen molar-refractivity contribution in [1.29, 1.82) is 0 Å². The van der Waals surface area contributed by atoms with Crippen molar-refractivity contribution >= 4 is 5.82 Å². The predicted molar refractivity (Wildman–Crippen MR) is 86.8 cm³/mol. The van der Waals surface area contributed by atoms with Crippen LogP contribution in [0.1, 0.15) is 48.0 Å². The van der Waals surface area contributed by atoms with Crippen molar-refractivity contribution in [3.05, 3.63) is 52.5 Å². The molecule has 1 aliphatic rings. The van der Waals surface area contributed by atoms with E-state index in [2.05, 4.69) is 43.4 Å². The zero-order valence-corrected chi connectivity index (χ0v) is 12.9. The van der Waals surface area contributed by atoms with Gasteiger partial charge in [-0.2, -0.15) is 0 Å². The molecule has 110 valence electrons. The highest BCUT2D eigenvalue weighted by molar-refractivity contribution is 5.48. The maximum Gasteiger partial charge on any atom is 0.135 e. The number of aryl methyl sites for hydroxylation is 2. The zero-order chi connectivity index (χ0) is 14.7. The van der Waals surface area contributed by atoms with E-state index in [0.717, 1.165) is 37.4 Å². The van der Waals surface area contributed by atoms with Crippen LogP contribution in [0.25, 0.3) is 0 Å². The number of anilines is 1. The van der Waals surface area contributed by atoms with Crippen LogP contribution in [-0.4, -0.2) is 16.5 Å². The normalized spacial score (nSPS) is 13.8. The summed E-state index contributed by atoms with van der Waals surface area (Å²) in [4.78, 5) is 9.63. The second-order valence-corrected chi connectivity index (χ2v) is 5.75. The molecule has 21 heavy (non-hydrogen) atoms. The number of benzene rings is 1. The van der Waals surface area contributed by atoms with E-state index in [1.165, 1.54) is 35.2 Å². The number of rotatable bonds is 4. The lowest BCUT2D eigenvalue weighted by Gasteiger charge is -2.19. The van der Waals surface area contributed by atoms with Gasteiger partial charge in [-0.25, -0.2) is 9.97 Å². The van der Waals surface area contributed by atoms with Gasteiger partial charge in [-0.1, -0.05) is 24.3 Å². The topological polar surface area (TPSA) is 37.8 Å². The van der Waals surface area contributed by atoms with Gasteiger partial charge in [-0.3, -0.25) is 0 Å². The molecule has 2 aromatic rings. The van der Waals surface area contributed by atoms with Crippen LogP contribution in [0.4, 0.5) is 5.82 Å². The standard InChI is InChI=1S/C18H23N3/c1-3-19-18-15-10-6-7-11-16(15)20-17(21-18)12-14-9-5-4-8-13(14)2/h4-5,8-9H,3,6-7,10-12H2,1-2H3,(H,19,20,21). The fourth-order valence-electron chi connectivity index (χ4n) is 3.02. The molecule has 1 aromatic carbocycles. The first-order chi connectivity index (χ1) is 10.3. The second-order valence-electron chi connectivity index (χ2n) is 5.75. The van der Waals surface area contributed by atoms with Crippen LogP contribution in [-0.2, 0) is 19.3 Å². The van der Waals surface area contributed by atoms with Crippen molar-refractivity contribution in [2.24, 2.45) is 0 Å². The lowest BCUT2D eigenvalue weighted by molar-refractivity contribution is 0.657. The van der Waals surface area contributed by atoms with E-state index >= 15 is 0 Å². The van der Waals surface area contributed by atoms with E-state index in [1.54, 1.807) is 0 Å². The van der Waals surface area contributed by atoms with Gasteiger partial charge in [0.25, 0.3) is 0 Å². The molecule has 0 amide bonds. The molecule has 3 heteroatoms. The molecule has 0 atom stereocenters. The fourth-order valence-corrected chi connectivity index (χ4v) is 3.02. The molecule has 0 spiro atoms. The molecular formula is C18H23N3. The van der Waals surface area contributed by atoms with Gasteiger partial charge >= 0.3 is 0 Å². The van der Waals surface area contributed by atoms with Crippen molar-refractivity contribution in [2.75, 3.05) is 11.9 Å². The molecule has 0 bridgehead atoms. The lowest BCUT2D eigenvalue weighted by Crippen LogP contribution is -2.15. The summed E-state index contributed by atoms with van der Waals surface area (Å²) >= 11 is 0. The SMILES string of the molecule is CCNc1nc(Cc2ccccc2C)nc2c1CCCC2. The van der Waals surface area contributed by atoms with Crippen LogP contribution < -0.4 is 5.32 Å². The Morgan fingerprint density at radius 2 is 1.90 bits per heavy atom. The first-order valence-corrected chi connectivity index (χ1v) is 7.95. The summed E-state index contributed by atoms with van der Waals surface area (Å²) in [6.07, 6.45) is 5.53. The van der Waals surface area contributed by atoms with Crippen LogP contribution in [0.2, 0.25) is 0 Å². The smallest absolute Gasteiger partial charge is 0.135 e. The minimum Gasteiger partial charge on any atom is -0.370 e. The Balaban J connectivity index is 1.95. The van der Waals surface area contributed by atoms with Gasteiger partial charge in [0.2, 0.25) is 0 Å². The van der Waals surface area contributed by atoms with Gasteiger partial charge < -0.3 is 5.32 Å². The van der Waals surface area contributed by atoms with Crippen LogP contribution in [0.3, 0.4) is 0 Å². The number of nitrogens with one attached hydrogen (secondary N) is 1. The lowest BCUT2D eigenvalue weighted by atomic mass is 9.96. The highest BCUT2D eigenvalue weighted by Gasteiger charge is 2.17. The van der Waals surface area contributed by atoms with Crippen LogP contribution in [0.5, 0.6) is 0 Å². The Hall–Kier alpha value is -1.90. The van der Waals surface area contributed by atoms with Crippen LogP contribution in [0.15, 0.2) is 24.3 Å². The highest BCUT2D eigenvalue weighted by Crippen LogP contribution is 2.26. The number of aromatic nitrogens is 2. The Bertz CT molecular complexity index is 634. The maximum absolute atomic E-state index is 4.84. The minimum atomic E-state index is 0.818. The van der Waals surface area contributed by atoms with E-state index in [0.29, 0.717) is 0 Å². The molecular weight excluding hydrogens is 258 g/mol. The van der Waals surface area contributed by atoms with E-state index in [9.17, 15) is 0 Å². The maximum atomic E-state index is 4.84. The minimum absolute atomic E-state index is 0.818. The van der Waals surface area contributed by atoms with E-state index in [4.69, 9.17) is 9.97 Å². The number of fused-ring (bicyclic) bond motifs is 1. The Morgan fingerprint density at radius 1 is 1.10 bits per heavy atom.